The number of nitrogens with two attached hydrogens (primary N) is 2. The van der Waals surface area contributed by atoms with Crippen molar-refractivity contribution >= 4 is 22.7 Å². The molecule has 156 valence electrons. The molecule has 1 heterocycles. The average Bonchev–Trinajstić information content (AvgIpc) is 2.73. The summed E-state index contributed by atoms with van der Waals surface area (Å²) in [6.07, 6.45) is -1.26. The van der Waals surface area contributed by atoms with Gasteiger partial charge in [0.1, 0.15) is 23.6 Å². The minimum Gasteiger partial charge on any atom is -0.497 e. The Balaban J connectivity index is 2.08. The van der Waals surface area contributed by atoms with Gasteiger partial charge in [-0.15, -0.1) is 5.10 Å². The Morgan fingerprint density at radius 2 is 2.00 bits per heavy atom. The standard InChI is InChI=1S/C18H19N7O5/c1-30-11-5-2-9(3-6-11)16(26)14(23-24-18(19)20)15-17(27)22-13-8-10(25(28)29)4-7-12(13)21-15/h2-8,14,16,23,26H,1H3,(H,22,27)(H4,19,20,24)/t14-,16-/m0/s1. The molecule has 0 bridgehead atoms. The zero-order chi connectivity index (χ0) is 21.8. The third-order valence-corrected chi connectivity index (χ3v) is 4.31. The molecule has 0 saturated carbocycles. The van der Waals surface area contributed by atoms with Crippen molar-refractivity contribution in [1.82, 2.24) is 15.4 Å². The molecule has 30 heavy (non-hydrogen) atoms. The van der Waals surface area contributed by atoms with E-state index in [1.54, 1.807) is 24.3 Å². The van der Waals surface area contributed by atoms with E-state index in [9.17, 15) is 20.0 Å². The largest absolute Gasteiger partial charge is 0.497 e. The molecule has 0 aliphatic rings. The molecule has 2 atom stereocenters. The highest BCUT2D eigenvalue weighted by molar-refractivity contribution is 5.77. The van der Waals surface area contributed by atoms with Crippen molar-refractivity contribution < 1.29 is 14.8 Å². The number of hydrazone groups is 1. The number of ether oxygens (including phenoxy) is 1. The number of methoxy groups -OCH3 is 1. The summed E-state index contributed by atoms with van der Waals surface area (Å²) < 4.78 is 5.10. The number of nitrogens with one attached hydrogen (secondary N) is 2. The summed E-state index contributed by atoms with van der Waals surface area (Å²) in [5.74, 6) is 0.276. The van der Waals surface area contributed by atoms with Crippen molar-refractivity contribution in [3.8, 4) is 5.75 Å². The fraction of sp³-hybridized carbons (Fsp3) is 0.167. The first-order valence-corrected chi connectivity index (χ1v) is 8.64. The maximum atomic E-state index is 12.7. The molecule has 1 aromatic heterocycles. The summed E-state index contributed by atoms with van der Waals surface area (Å²) in [5, 5.41) is 25.5. The van der Waals surface area contributed by atoms with E-state index in [0.29, 0.717) is 11.3 Å². The number of benzene rings is 2. The highest BCUT2D eigenvalue weighted by Gasteiger charge is 2.27. The molecule has 0 aliphatic carbocycles. The van der Waals surface area contributed by atoms with E-state index < -0.39 is 22.6 Å². The van der Waals surface area contributed by atoms with Crippen LogP contribution in [-0.2, 0) is 0 Å². The lowest BCUT2D eigenvalue weighted by molar-refractivity contribution is -0.384. The third kappa shape index (κ3) is 4.28. The van der Waals surface area contributed by atoms with Crippen LogP contribution in [0.4, 0.5) is 5.69 Å². The van der Waals surface area contributed by atoms with Gasteiger partial charge in [0, 0.05) is 12.1 Å². The van der Waals surface area contributed by atoms with Gasteiger partial charge in [0.25, 0.3) is 11.2 Å². The Morgan fingerprint density at radius 3 is 2.60 bits per heavy atom. The number of aromatic amines is 1. The predicted octanol–water partition coefficient (Wildman–Crippen LogP) is 0.393. The van der Waals surface area contributed by atoms with Crippen molar-refractivity contribution in [2.24, 2.45) is 16.6 Å². The van der Waals surface area contributed by atoms with Crippen LogP contribution in [0.5, 0.6) is 5.75 Å². The Bertz CT molecular complexity index is 1160. The number of H-pyrrole nitrogens is 1. The normalized spacial score (nSPS) is 12.7. The first-order valence-electron chi connectivity index (χ1n) is 8.64. The minimum absolute atomic E-state index is 0.107. The predicted molar refractivity (Wildman–Crippen MR) is 109 cm³/mol. The molecule has 0 unspecified atom stereocenters. The number of rotatable bonds is 7. The fourth-order valence-electron chi connectivity index (χ4n) is 2.83. The summed E-state index contributed by atoms with van der Waals surface area (Å²) in [6.45, 7) is 0. The maximum absolute atomic E-state index is 12.7. The van der Waals surface area contributed by atoms with Crippen molar-refractivity contribution in [1.29, 1.82) is 0 Å². The second-order valence-corrected chi connectivity index (χ2v) is 6.27. The van der Waals surface area contributed by atoms with Gasteiger partial charge in [0.2, 0.25) is 5.96 Å². The molecule has 0 fully saturated rings. The molecule has 3 rings (SSSR count). The van der Waals surface area contributed by atoms with Crippen molar-refractivity contribution in [3.63, 3.8) is 0 Å². The topological polar surface area (TPSA) is 195 Å². The smallest absolute Gasteiger partial charge is 0.272 e. The quantitative estimate of drug-likeness (QED) is 0.157. The van der Waals surface area contributed by atoms with E-state index in [4.69, 9.17) is 16.2 Å². The van der Waals surface area contributed by atoms with Crippen LogP contribution in [0.2, 0.25) is 0 Å². The van der Waals surface area contributed by atoms with Crippen LogP contribution in [0.1, 0.15) is 23.4 Å². The molecule has 2 aromatic carbocycles. The van der Waals surface area contributed by atoms with E-state index in [1.165, 1.54) is 25.3 Å². The third-order valence-electron chi connectivity index (χ3n) is 4.31. The second kappa shape index (κ2) is 8.45. The highest BCUT2D eigenvalue weighted by atomic mass is 16.6. The van der Waals surface area contributed by atoms with Gasteiger partial charge in [-0.05, 0) is 23.8 Å². The zero-order valence-corrected chi connectivity index (χ0v) is 15.8. The summed E-state index contributed by atoms with van der Waals surface area (Å²) in [7, 11) is 1.51. The number of aliphatic hydroxyl groups excluding tert-OH is 1. The van der Waals surface area contributed by atoms with Crippen LogP contribution in [0, 0.1) is 10.1 Å². The van der Waals surface area contributed by atoms with Gasteiger partial charge in [-0.25, -0.2) is 4.98 Å². The first kappa shape index (κ1) is 20.5. The number of nitro benzene ring substituents is 1. The number of aromatic nitrogens is 2. The van der Waals surface area contributed by atoms with Crippen molar-refractivity contribution in [2.45, 2.75) is 12.1 Å². The van der Waals surface area contributed by atoms with Gasteiger partial charge in [-0.3, -0.25) is 20.3 Å². The Hall–Kier alpha value is -4.19. The van der Waals surface area contributed by atoms with E-state index >= 15 is 0 Å². The van der Waals surface area contributed by atoms with Gasteiger partial charge in [0.05, 0.1) is 23.1 Å². The molecular formula is C18H19N7O5. The number of guanidine groups is 1. The summed E-state index contributed by atoms with van der Waals surface area (Å²) in [6, 6.07) is 9.26. The van der Waals surface area contributed by atoms with Crippen molar-refractivity contribution in [3.05, 3.63) is 74.2 Å². The number of fused-ring (bicyclic) bond motifs is 1. The number of hydrogen-bond donors (Lipinski definition) is 5. The average molecular weight is 413 g/mol. The van der Waals surface area contributed by atoms with Gasteiger partial charge < -0.3 is 26.3 Å². The lowest BCUT2D eigenvalue weighted by Gasteiger charge is -2.22. The lowest BCUT2D eigenvalue weighted by atomic mass is 10.00. The fourth-order valence-corrected chi connectivity index (χ4v) is 2.83. The number of aliphatic hydroxyl groups is 1. The molecule has 3 aromatic rings. The number of nitrogens with zero attached hydrogens (tertiary/aromatic N) is 3. The Morgan fingerprint density at radius 1 is 1.30 bits per heavy atom. The molecule has 7 N–H and O–H groups in total. The summed E-state index contributed by atoms with van der Waals surface area (Å²) >= 11 is 0. The van der Waals surface area contributed by atoms with E-state index in [2.05, 4.69) is 20.5 Å². The summed E-state index contributed by atoms with van der Waals surface area (Å²) in [4.78, 5) is 29.8. The van der Waals surface area contributed by atoms with E-state index in [-0.39, 0.29) is 28.4 Å². The summed E-state index contributed by atoms with van der Waals surface area (Å²) in [5.41, 5.74) is 13.2. The zero-order valence-electron chi connectivity index (χ0n) is 15.8. The Labute approximate surface area is 169 Å². The number of nitro groups is 1. The molecule has 0 saturated heterocycles. The van der Waals surface area contributed by atoms with Crippen LogP contribution in [0.3, 0.4) is 0 Å². The van der Waals surface area contributed by atoms with Gasteiger partial charge in [-0.2, -0.15) is 0 Å². The molecule has 0 amide bonds. The van der Waals surface area contributed by atoms with Crippen LogP contribution < -0.4 is 27.2 Å². The van der Waals surface area contributed by atoms with Crippen LogP contribution >= 0.6 is 0 Å². The number of hydrogen-bond acceptors (Lipinski definition) is 8. The number of non-ortho nitro benzene ring substituents is 1. The molecule has 0 radical (unpaired) electrons. The molecular weight excluding hydrogens is 394 g/mol. The van der Waals surface area contributed by atoms with Gasteiger partial charge in [-0.1, -0.05) is 12.1 Å². The van der Waals surface area contributed by atoms with Crippen LogP contribution in [0.25, 0.3) is 11.0 Å². The van der Waals surface area contributed by atoms with Crippen molar-refractivity contribution in [2.75, 3.05) is 7.11 Å². The van der Waals surface area contributed by atoms with Gasteiger partial charge >= 0.3 is 0 Å². The highest BCUT2D eigenvalue weighted by Crippen LogP contribution is 2.28. The molecule has 12 nitrogen and oxygen atoms in total. The van der Waals surface area contributed by atoms with E-state index in [0.717, 1.165) is 0 Å². The van der Waals surface area contributed by atoms with Crippen LogP contribution in [-0.4, -0.2) is 33.1 Å². The van der Waals surface area contributed by atoms with E-state index in [1.807, 2.05) is 0 Å². The maximum Gasteiger partial charge on any atom is 0.272 e. The Kier molecular flexibility index (Phi) is 5.78. The van der Waals surface area contributed by atoms with Crippen LogP contribution in [0.15, 0.2) is 52.4 Å². The lowest BCUT2D eigenvalue weighted by Crippen LogP contribution is -2.34. The molecule has 0 aliphatic heterocycles. The molecule has 0 spiro atoms. The second-order valence-electron chi connectivity index (χ2n) is 6.27. The molecule has 12 heteroatoms. The first-order chi connectivity index (χ1) is 14.3. The van der Waals surface area contributed by atoms with Gasteiger partial charge in [0.15, 0.2) is 0 Å². The monoisotopic (exact) mass is 413 g/mol. The minimum atomic E-state index is -1.26. The SMILES string of the molecule is COc1ccc([C@H](O)[C@@H](NN=C(N)N)c2nc3ccc([N+](=O)[O-])cc3[nH]c2=O)cc1.